The minimum atomic E-state index is -0.225. The van der Waals surface area contributed by atoms with Gasteiger partial charge in [-0.15, -0.1) is 0 Å². The third-order valence-corrected chi connectivity index (χ3v) is 4.87. The fraction of sp³-hybridized carbons (Fsp3) is 0.174. The van der Waals surface area contributed by atoms with Gasteiger partial charge in [0.25, 0.3) is 5.91 Å². The van der Waals surface area contributed by atoms with Gasteiger partial charge in [-0.1, -0.05) is 18.2 Å². The first-order chi connectivity index (χ1) is 14.1. The van der Waals surface area contributed by atoms with Gasteiger partial charge in [0, 0.05) is 30.1 Å². The first-order valence-corrected chi connectivity index (χ1v) is 9.48. The van der Waals surface area contributed by atoms with Crippen molar-refractivity contribution in [3.63, 3.8) is 0 Å². The molecule has 1 atom stereocenters. The number of nitrogens with one attached hydrogen (secondary N) is 2. The van der Waals surface area contributed by atoms with Crippen LogP contribution in [0.1, 0.15) is 40.4 Å². The molecule has 0 radical (unpaired) electrons. The maximum absolute atomic E-state index is 12.8. The lowest BCUT2D eigenvalue weighted by Gasteiger charge is -2.13. The number of aromatic nitrogens is 1. The van der Waals surface area contributed by atoms with E-state index in [2.05, 4.69) is 15.6 Å². The number of hydrogen-bond acceptors (Lipinski definition) is 4. The number of nitrogens with zero attached hydrogens (tertiary/aromatic N) is 1. The Kier molecular flexibility index (Phi) is 5.24. The molecule has 29 heavy (non-hydrogen) atoms. The molecule has 1 fully saturated rings. The minimum absolute atomic E-state index is 0.000841. The molecule has 1 aromatic heterocycles. The second kappa shape index (κ2) is 8.14. The monoisotopic (exact) mass is 387 g/mol. The Balaban J connectivity index is 1.50. The molecule has 0 spiro atoms. The van der Waals surface area contributed by atoms with Crippen LogP contribution in [0, 0.1) is 6.92 Å². The molecule has 1 saturated heterocycles. The lowest BCUT2D eigenvalue weighted by Crippen LogP contribution is -2.18. The van der Waals surface area contributed by atoms with Gasteiger partial charge in [-0.05, 0) is 60.9 Å². The number of hydrogen-bond donors (Lipinski definition) is 2. The molecule has 3 aromatic rings. The highest BCUT2D eigenvalue weighted by atomic mass is 16.5. The predicted octanol–water partition coefficient (Wildman–Crippen LogP) is 4.39. The molecule has 0 bridgehead atoms. The summed E-state index contributed by atoms with van der Waals surface area (Å²) in [4.78, 5) is 28.2. The maximum Gasteiger partial charge on any atom is 0.255 e. The molecular formula is C23H21N3O3. The number of benzene rings is 2. The molecule has 146 valence electrons. The molecule has 0 saturated carbocycles. The number of carbonyl (C=O) groups excluding carboxylic acids is 2. The summed E-state index contributed by atoms with van der Waals surface area (Å²) in [5.41, 5.74) is 3.10. The van der Waals surface area contributed by atoms with Crippen LogP contribution in [0.25, 0.3) is 0 Å². The smallest absolute Gasteiger partial charge is 0.255 e. The number of anilines is 1. The summed E-state index contributed by atoms with van der Waals surface area (Å²) >= 11 is 0. The first kappa shape index (κ1) is 18.7. The Hall–Kier alpha value is -3.67. The van der Waals surface area contributed by atoms with Gasteiger partial charge in [-0.25, -0.2) is 0 Å². The van der Waals surface area contributed by atoms with Crippen molar-refractivity contribution >= 4 is 17.5 Å². The zero-order chi connectivity index (χ0) is 20.2. The number of pyridine rings is 1. The molecule has 1 aliphatic heterocycles. The van der Waals surface area contributed by atoms with E-state index in [1.54, 1.807) is 36.7 Å². The first-order valence-electron chi connectivity index (χ1n) is 9.48. The van der Waals surface area contributed by atoms with Crippen molar-refractivity contribution in [1.82, 2.24) is 10.3 Å². The summed E-state index contributed by atoms with van der Waals surface area (Å²) in [7, 11) is 0. The van der Waals surface area contributed by atoms with E-state index in [1.165, 1.54) is 0 Å². The summed E-state index contributed by atoms with van der Waals surface area (Å²) in [6.45, 7) is 1.93. The number of amides is 2. The molecule has 1 unspecified atom stereocenters. The molecular weight excluding hydrogens is 366 g/mol. The highest BCUT2D eigenvalue weighted by Crippen LogP contribution is 2.28. The SMILES string of the molecule is Cc1ccc(C(=O)Nc2cccc(C3CCC(=O)N3)c2)cc1Oc1ccncc1. The summed E-state index contributed by atoms with van der Waals surface area (Å²) in [6, 6.07) is 16.4. The molecule has 2 aromatic carbocycles. The van der Waals surface area contributed by atoms with Crippen molar-refractivity contribution < 1.29 is 14.3 Å². The summed E-state index contributed by atoms with van der Waals surface area (Å²) < 4.78 is 5.89. The van der Waals surface area contributed by atoms with Crippen molar-refractivity contribution in [1.29, 1.82) is 0 Å². The van der Waals surface area contributed by atoms with E-state index in [-0.39, 0.29) is 17.9 Å². The van der Waals surface area contributed by atoms with Crippen LogP contribution in [0.2, 0.25) is 0 Å². The standard InChI is InChI=1S/C23H21N3O3/c1-15-5-6-17(14-21(15)29-19-9-11-24-12-10-19)23(28)25-18-4-2-3-16(13-18)20-7-8-22(27)26-20/h2-6,9-14,20H,7-8H2,1H3,(H,25,28)(H,26,27). The molecule has 6 heteroatoms. The van der Waals surface area contributed by atoms with E-state index in [9.17, 15) is 9.59 Å². The third-order valence-electron chi connectivity index (χ3n) is 4.87. The summed E-state index contributed by atoms with van der Waals surface area (Å²) in [6.07, 6.45) is 4.61. The van der Waals surface area contributed by atoms with Gasteiger partial charge in [0.1, 0.15) is 11.5 Å². The lowest BCUT2D eigenvalue weighted by atomic mass is 10.0. The van der Waals surface area contributed by atoms with Crippen molar-refractivity contribution in [2.24, 2.45) is 0 Å². The number of carbonyl (C=O) groups is 2. The van der Waals surface area contributed by atoms with Crippen LogP contribution in [0.4, 0.5) is 5.69 Å². The second-order valence-corrected chi connectivity index (χ2v) is 7.00. The van der Waals surface area contributed by atoms with Crippen molar-refractivity contribution in [3.05, 3.63) is 83.7 Å². The maximum atomic E-state index is 12.8. The molecule has 2 amide bonds. The molecule has 2 heterocycles. The van der Waals surface area contributed by atoms with Gasteiger partial charge in [-0.2, -0.15) is 0 Å². The van der Waals surface area contributed by atoms with E-state index in [0.717, 1.165) is 17.5 Å². The van der Waals surface area contributed by atoms with Gasteiger partial charge in [-0.3, -0.25) is 14.6 Å². The van der Waals surface area contributed by atoms with Crippen LogP contribution in [-0.2, 0) is 4.79 Å². The number of ether oxygens (including phenoxy) is 1. The Bertz CT molecular complexity index is 1050. The Labute approximate surface area is 168 Å². The molecule has 4 rings (SSSR count). The van der Waals surface area contributed by atoms with E-state index < -0.39 is 0 Å². The van der Waals surface area contributed by atoms with Crippen LogP contribution in [0.5, 0.6) is 11.5 Å². The molecule has 1 aliphatic rings. The van der Waals surface area contributed by atoms with Crippen molar-refractivity contribution in [3.8, 4) is 11.5 Å². The van der Waals surface area contributed by atoms with E-state index in [4.69, 9.17) is 4.74 Å². The normalized spacial score (nSPS) is 15.6. The third kappa shape index (κ3) is 4.43. The Morgan fingerprint density at radius 3 is 2.72 bits per heavy atom. The van der Waals surface area contributed by atoms with Gasteiger partial charge in [0.2, 0.25) is 5.91 Å². The number of rotatable bonds is 5. The molecule has 2 N–H and O–H groups in total. The largest absolute Gasteiger partial charge is 0.457 e. The topological polar surface area (TPSA) is 80.3 Å². The summed E-state index contributed by atoms with van der Waals surface area (Å²) in [5.74, 6) is 1.11. The molecule has 6 nitrogen and oxygen atoms in total. The van der Waals surface area contributed by atoms with E-state index >= 15 is 0 Å². The van der Waals surface area contributed by atoms with Crippen LogP contribution in [0.3, 0.4) is 0 Å². The van der Waals surface area contributed by atoms with E-state index in [1.807, 2.05) is 37.3 Å². The average Bonchev–Trinajstić information content (AvgIpc) is 3.17. The quantitative estimate of drug-likeness (QED) is 0.681. The van der Waals surface area contributed by atoms with Crippen molar-refractivity contribution in [2.45, 2.75) is 25.8 Å². The fourth-order valence-corrected chi connectivity index (χ4v) is 3.29. The van der Waals surface area contributed by atoms with Gasteiger partial charge in [0.15, 0.2) is 0 Å². The minimum Gasteiger partial charge on any atom is -0.457 e. The second-order valence-electron chi connectivity index (χ2n) is 7.00. The van der Waals surface area contributed by atoms with Crippen LogP contribution < -0.4 is 15.4 Å². The zero-order valence-electron chi connectivity index (χ0n) is 16.0. The van der Waals surface area contributed by atoms with Crippen molar-refractivity contribution in [2.75, 3.05) is 5.32 Å². The summed E-state index contributed by atoms with van der Waals surface area (Å²) in [5, 5.41) is 5.87. The van der Waals surface area contributed by atoms with Crippen LogP contribution in [0.15, 0.2) is 67.0 Å². The van der Waals surface area contributed by atoms with E-state index in [0.29, 0.717) is 29.2 Å². The van der Waals surface area contributed by atoms with Crippen LogP contribution >= 0.6 is 0 Å². The lowest BCUT2D eigenvalue weighted by molar-refractivity contribution is -0.119. The predicted molar refractivity (Wildman–Crippen MR) is 110 cm³/mol. The Morgan fingerprint density at radius 1 is 1.14 bits per heavy atom. The highest BCUT2D eigenvalue weighted by Gasteiger charge is 2.22. The van der Waals surface area contributed by atoms with Gasteiger partial charge < -0.3 is 15.4 Å². The fourth-order valence-electron chi connectivity index (χ4n) is 3.29. The van der Waals surface area contributed by atoms with Gasteiger partial charge >= 0.3 is 0 Å². The zero-order valence-corrected chi connectivity index (χ0v) is 16.0. The molecule has 0 aliphatic carbocycles. The number of aryl methyl sites for hydroxylation is 1. The highest BCUT2D eigenvalue weighted by molar-refractivity contribution is 6.04. The van der Waals surface area contributed by atoms with Gasteiger partial charge in [0.05, 0.1) is 6.04 Å². The van der Waals surface area contributed by atoms with Crippen LogP contribution in [-0.4, -0.2) is 16.8 Å². The average molecular weight is 387 g/mol. The Morgan fingerprint density at radius 2 is 1.97 bits per heavy atom.